The summed E-state index contributed by atoms with van der Waals surface area (Å²) in [7, 11) is -3.80. The normalized spacial score (nSPS) is 13.6. The summed E-state index contributed by atoms with van der Waals surface area (Å²) in [5, 5.41) is 2.02. The molecule has 0 bridgehead atoms. The molecule has 27 heavy (non-hydrogen) atoms. The number of carbonyl (C=O) groups is 1. The Balaban J connectivity index is 2.79. The number of halogens is 8. The third kappa shape index (κ3) is 3.99. The predicted octanol–water partition coefficient (Wildman–Crippen LogP) is 3.51. The lowest BCUT2D eigenvalue weighted by molar-refractivity contribution is -0.137. The van der Waals surface area contributed by atoms with Gasteiger partial charge in [0.25, 0.3) is 5.91 Å². The van der Waals surface area contributed by atoms with Crippen molar-refractivity contribution in [2.45, 2.75) is 16.6 Å². The number of nitrogens with two attached hydrogens (primary N) is 2. The average Bonchev–Trinajstić information content (AvgIpc) is 2.81. The Morgan fingerprint density at radius 1 is 1.11 bits per heavy atom. The van der Waals surface area contributed by atoms with Crippen molar-refractivity contribution >= 4 is 45.7 Å². The minimum atomic E-state index is -5.32. The van der Waals surface area contributed by atoms with Crippen molar-refractivity contribution in [2.75, 3.05) is 5.73 Å². The van der Waals surface area contributed by atoms with Gasteiger partial charge in [0.1, 0.15) is 16.4 Å². The van der Waals surface area contributed by atoms with Gasteiger partial charge in [0.2, 0.25) is 0 Å². The van der Waals surface area contributed by atoms with Crippen LogP contribution in [0.25, 0.3) is 5.69 Å². The van der Waals surface area contributed by atoms with Crippen molar-refractivity contribution < 1.29 is 35.3 Å². The number of anilines is 1. The SMILES string of the molecule is NC(=O)c1nn(-c2c(Cl)cc(C(F)(F)F)cc2Cl)c(N)c1S(=O)C(F)(F)F. The zero-order chi connectivity index (χ0) is 20.9. The Morgan fingerprint density at radius 3 is 1.96 bits per heavy atom. The molecule has 1 aromatic heterocycles. The van der Waals surface area contributed by atoms with Crippen molar-refractivity contribution in [3.8, 4) is 5.69 Å². The van der Waals surface area contributed by atoms with Gasteiger partial charge in [-0.2, -0.15) is 31.4 Å². The molecular weight excluding hydrogens is 449 g/mol. The first-order chi connectivity index (χ1) is 12.2. The number of hydrogen-bond acceptors (Lipinski definition) is 4. The van der Waals surface area contributed by atoms with E-state index in [1.54, 1.807) is 0 Å². The predicted molar refractivity (Wildman–Crippen MR) is 84.0 cm³/mol. The van der Waals surface area contributed by atoms with Gasteiger partial charge in [0, 0.05) is 0 Å². The smallest absolute Gasteiger partial charge is 0.383 e. The van der Waals surface area contributed by atoms with Crippen LogP contribution in [0.5, 0.6) is 0 Å². The van der Waals surface area contributed by atoms with Crippen LogP contribution in [0.4, 0.5) is 32.2 Å². The number of nitrogens with zero attached hydrogens (tertiary/aromatic N) is 2. The number of aromatic nitrogens is 2. The molecule has 4 N–H and O–H groups in total. The Kier molecular flexibility index (Phi) is 5.42. The Labute approximate surface area is 158 Å². The van der Waals surface area contributed by atoms with E-state index < -0.39 is 66.1 Å². The summed E-state index contributed by atoms with van der Waals surface area (Å²) >= 11 is 11.5. The zero-order valence-corrected chi connectivity index (χ0v) is 14.8. The minimum Gasteiger partial charge on any atom is -0.383 e. The molecule has 1 atom stereocenters. The second kappa shape index (κ2) is 6.87. The third-order valence-electron chi connectivity index (χ3n) is 3.06. The van der Waals surface area contributed by atoms with E-state index in [9.17, 15) is 35.3 Å². The molecule has 1 aromatic carbocycles. The van der Waals surface area contributed by atoms with Crippen LogP contribution in [0.1, 0.15) is 16.1 Å². The number of carbonyl (C=O) groups excluding carboxylic acids is 1. The summed E-state index contributed by atoms with van der Waals surface area (Å²) in [4.78, 5) is 10.1. The van der Waals surface area contributed by atoms with Gasteiger partial charge in [-0.1, -0.05) is 23.2 Å². The van der Waals surface area contributed by atoms with Gasteiger partial charge >= 0.3 is 11.7 Å². The van der Waals surface area contributed by atoms with E-state index in [0.717, 1.165) is 0 Å². The first kappa shape index (κ1) is 21.3. The van der Waals surface area contributed by atoms with Gasteiger partial charge < -0.3 is 11.5 Å². The van der Waals surface area contributed by atoms with E-state index in [1.807, 2.05) is 0 Å². The third-order valence-corrected chi connectivity index (χ3v) is 4.83. The molecule has 1 heterocycles. The summed E-state index contributed by atoms with van der Waals surface area (Å²) in [5.41, 5.74) is 2.19. The largest absolute Gasteiger partial charge is 0.476 e. The molecule has 0 radical (unpaired) electrons. The van der Waals surface area contributed by atoms with Crippen LogP contribution in [0.3, 0.4) is 0 Å². The van der Waals surface area contributed by atoms with Crippen LogP contribution in [-0.4, -0.2) is 25.4 Å². The van der Waals surface area contributed by atoms with Gasteiger partial charge in [-0.05, 0) is 12.1 Å². The van der Waals surface area contributed by atoms with Crippen molar-refractivity contribution in [3.63, 3.8) is 0 Å². The molecule has 0 saturated carbocycles. The van der Waals surface area contributed by atoms with Gasteiger partial charge in [-0.3, -0.25) is 4.79 Å². The molecule has 1 amide bonds. The molecule has 15 heteroatoms. The lowest BCUT2D eigenvalue weighted by atomic mass is 10.2. The maximum Gasteiger partial charge on any atom is 0.476 e. The monoisotopic (exact) mass is 454 g/mol. The zero-order valence-electron chi connectivity index (χ0n) is 12.5. The van der Waals surface area contributed by atoms with Crippen LogP contribution < -0.4 is 11.5 Å². The molecule has 6 nitrogen and oxygen atoms in total. The van der Waals surface area contributed by atoms with Crippen molar-refractivity contribution in [1.82, 2.24) is 9.78 Å². The van der Waals surface area contributed by atoms with Crippen LogP contribution in [0.2, 0.25) is 10.0 Å². The van der Waals surface area contributed by atoms with Crippen molar-refractivity contribution in [1.29, 1.82) is 0 Å². The second-order valence-corrected chi connectivity index (χ2v) is 7.06. The minimum absolute atomic E-state index is 0.365. The van der Waals surface area contributed by atoms with Crippen molar-refractivity contribution in [3.05, 3.63) is 33.4 Å². The topological polar surface area (TPSA) is 104 Å². The van der Waals surface area contributed by atoms with Crippen LogP contribution >= 0.6 is 23.2 Å². The Hall–Kier alpha value is -1.99. The fourth-order valence-electron chi connectivity index (χ4n) is 1.98. The van der Waals surface area contributed by atoms with E-state index in [0.29, 0.717) is 16.8 Å². The van der Waals surface area contributed by atoms with Gasteiger partial charge in [-0.15, -0.1) is 0 Å². The summed E-state index contributed by atoms with van der Waals surface area (Å²) in [6.07, 6.45) is -4.82. The highest BCUT2D eigenvalue weighted by atomic mass is 35.5. The fraction of sp³-hybridized carbons (Fsp3) is 0.167. The number of rotatable bonds is 3. The molecule has 0 saturated heterocycles. The van der Waals surface area contributed by atoms with Crippen molar-refractivity contribution in [2.24, 2.45) is 5.73 Å². The number of alkyl halides is 6. The second-order valence-electron chi connectivity index (χ2n) is 4.84. The van der Waals surface area contributed by atoms with E-state index in [4.69, 9.17) is 34.7 Å². The summed E-state index contributed by atoms with van der Waals surface area (Å²) in [6, 6.07) is 0.850. The first-order valence-corrected chi connectivity index (χ1v) is 8.30. The molecule has 2 rings (SSSR count). The van der Waals surface area contributed by atoms with E-state index in [2.05, 4.69) is 5.10 Å². The van der Waals surface area contributed by atoms with Crippen LogP contribution in [-0.2, 0) is 17.0 Å². The fourth-order valence-corrected chi connectivity index (χ4v) is 3.45. The molecule has 2 aromatic rings. The molecule has 0 fully saturated rings. The molecule has 1 unspecified atom stereocenters. The van der Waals surface area contributed by atoms with Gasteiger partial charge in [-0.25, -0.2) is 8.89 Å². The average molecular weight is 455 g/mol. The lowest BCUT2D eigenvalue weighted by Gasteiger charge is -2.13. The van der Waals surface area contributed by atoms with E-state index in [-0.39, 0.29) is 0 Å². The quantitative estimate of drug-likeness (QED) is 0.692. The summed E-state index contributed by atoms with van der Waals surface area (Å²) in [6.45, 7) is 0. The maximum atomic E-state index is 12.8. The summed E-state index contributed by atoms with van der Waals surface area (Å²) < 4.78 is 88.7. The maximum absolute atomic E-state index is 12.8. The van der Waals surface area contributed by atoms with Crippen LogP contribution in [0, 0.1) is 0 Å². The highest BCUT2D eigenvalue weighted by Crippen LogP contribution is 2.40. The Bertz CT molecular complexity index is 934. The summed E-state index contributed by atoms with van der Waals surface area (Å²) in [5.74, 6) is -2.49. The standard InChI is InChI=1S/C12H6Cl2F6N4O2S/c13-4-1-3(11(15,16)17)2-5(14)7(4)24-9(21)8(6(23-24)10(22)25)27(26)12(18,19)20/h1-2H,21H2,(H2,22,25). The highest BCUT2D eigenvalue weighted by molar-refractivity contribution is 7.86. The van der Waals surface area contributed by atoms with E-state index >= 15 is 0 Å². The van der Waals surface area contributed by atoms with Gasteiger partial charge in [0.05, 0.1) is 15.6 Å². The molecule has 0 spiro atoms. The molecule has 148 valence electrons. The molecule has 0 aliphatic rings. The number of benzene rings is 1. The molecular formula is C12H6Cl2F6N4O2S. The molecule has 0 aliphatic carbocycles. The number of amides is 1. The number of hydrogen-bond donors (Lipinski definition) is 2. The highest BCUT2D eigenvalue weighted by Gasteiger charge is 2.43. The first-order valence-electron chi connectivity index (χ1n) is 6.39. The number of primary amides is 1. The lowest BCUT2D eigenvalue weighted by Crippen LogP contribution is -2.21. The Morgan fingerprint density at radius 2 is 1.59 bits per heavy atom. The number of nitrogen functional groups attached to an aromatic ring is 1. The van der Waals surface area contributed by atoms with Gasteiger partial charge in [0.15, 0.2) is 16.5 Å². The van der Waals surface area contributed by atoms with Crippen LogP contribution in [0.15, 0.2) is 17.0 Å². The molecule has 0 aliphatic heterocycles. The van der Waals surface area contributed by atoms with E-state index in [1.165, 1.54) is 0 Å².